The van der Waals surface area contributed by atoms with Gasteiger partial charge < -0.3 is 19.7 Å². The quantitative estimate of drug-likeness (QED) is 0.444. The Morgan fingerprint density at radius 2 is 1.64 bits per heavy atom. The van der Waals surface area contributed by atoms with Gasteiger partial charge in [0.15, 0.2) is 5.60 Å². The summed E-state index contributed by atoms with van der Waals surface area (Å²) in [6, 6.07) is 0. The molecule has 22 heavy (non-hydrogen) atoms. The van der Waals surface area contributed by atoms with Gasteiger partial charge >= 0.3 is 17.9 Å². The highest BCUT2D eigenvalue weighted by Crippen LogP contribution is 2.25. The summed E-state index contributed by atoms with van der Waals surface area (Å²) in [4.78, 5) is 34.5. The number of carbonyl (C=O) groups is 3. The van der Waals surface area contributed by atoms with E-state index in [1.165, 1.54) is 0 Å². The summed E-state index contributed by atoms with van der Waals surface area (Å²) >= 11 is 0. The summed E-state index contributed by atoms with van der Waals surface area (Å²) in [5.41, 5.74) is -2.84. The first-order valence-electron chi connectivity index (χ1n) is 7.39. The average molecular weight is 318 g/mol. The molecule has 1 unspecified atom stereocenters. The first-order chi connectivity index (χ1) is 10.1. The highest BCUT2D eigenvalue weighted by Gasteiger charge is 2.45. The van der Waals surface area contributed by atoms with Gasteiger partial charge in [-0.3, -0.25) is 9.59 Å². The van der Waals surface area contributed by atoms with Crippen molar-refractivity contribution in [2.45, 2.75) is 71.0 Å². The second kappa shape index (κ2) is 8.73. The molecule has 0 aliphatic heterocycles. The van der Waals surface area contributed by atoms with Crippen LogP contribution in [0.3, 0.4) is 0 Å². The van der Waals surface area contributed by atoms with Crippen LogP contribution in [0.15, 0.2) is 0 Å². The summed E-state index contributed by atoms with van der Waals surface area (Å²) in [7, 11) is 0. The Bertz CT molecular complexity index is 403. The molecule has 0 aliphatic carbocycles. The lowest BCUT2D eigenvalue weighted by molar-refractivity contribution is -0.183. The lowest BCUT2D eigenvalue weighted by Gasteiger charge is -2.30. The van der Waals surface area contributed by atoms with Gasteiger partial charge in [0.2, 0.25) is 0 Å². The number of ether oxygens (including phenoxy) is 2. The summed E-state index contributed by atoms with van der Waals surface area (Å²) in [5.74, 6) is -3.61. The van der Waals surface area contributed by atoms with Crippen molar-refractivity contribution in [1.82, 2.24) is 0 Å². The third-order valence-corrected chi connectivity index (χ3v) is 3.37. The van der Waals surface area contributed by atoms with E-state index in [4.69, 9.17) is 14.6 Å². The maximum Gasteiger partial charge on any atom is 0.337 e. The van der Waals surface area contributed by atoms with E-state index < -0.39 is 42.0 Å². The number of carbonyl (C=O) groups excluding carboxylic acids is 1. The number of unbranched alkanes of at least 4 members (excludes halogenated alkanes) is 1. The molecule has 128 valence electrons. The minimum absolute atomic E-state index is 0.0700. The fraction of sp³-hybridized carbons (Fsp3) is 0.800. The van der Waals surface area contributed by atoms with Gasteiger partial charge in [-0.1, -0.05) is 20.3 Å². The molecule has 0 aliphatic rings. The van der Waals surface area contributed by atoms with Gasteiger partial charge in [0.25, 0.3) is 0 Å². The molecule has 0 bridgehead atoms. The Morgan fingerprint density at radius 3 is 2.05 bits per heavy atom. The molecule has 0 fully saturated rings. The number of hydrogen-bond donors (Lipinski definition) is 2. The molecule has 0 amide bonds. The van der Waals surface area contributed by atoms with Crippen LogP contribution in [0, 0.1) is 0 Å². The standard InChI is InChI=1S/C15H26O7/c1-5-7-8-21-15(13(19)20,9-11(16)17)10-12(18)22-14(3,4)6-2/h5-10H2,1-4H3,(H,16,17)(H,19,20). The van der Waals surface area contributed by atoms with E-state index in [2.05, 4.69) is 0 Å². The van der Waals surface area contributed by atoms with Gasteiger partial charge in [-0.2, -0.15) is 0 Å². The molecule has 0 aromatic carbocycles. The molecule has 0 saturated heterocycles. The maximum atomic E-state index is 12.0. The molecule has 0 radical (unpaired) electrons. The summed E-state index contributed by atoms with van der Waals surface area (Å²) in [5, 5.41) is 18.3. The van der Waals surface area contributed by atoms with Crippen molar-refractivity contribution in [1.29, 1.82) is 0 Å². The third kappa shape index (κ3) is 6.89. The van der Waals surface area contributed by atoms with Gasteiger partial charge in [0.05, 0.1) is 12.8 Å². The largest absolute Gasteiger partial charge is 0.481 e. The van der Waals surface area contributed by atoms with Crippen LogP contribution in [0.25, 0.3) is 0 Å². The molecule has 7 nitrogen and oxygen atoms in total. The van der Waals surface area contributed by atoms with E-state index >= 15 is 0 Å². The molecule has 0 rings (SSSR count). The minimum Gasteiger partial charge on any atom is -0.481 e. The lowest BCUT2D eigenvalue weighted by atomic mass is 9.94. The summed E-state index contributed by atoms with van der Waals surface area (Å²) in [6.07, 6.45) is 0.449. The van der Waals surface area contributed by atoms with Crippen molar-refractivity contribution in [3.63, 3.8) is 0 Å². The van der Waals surface area contributed by atoms with Crippen LogP contribution in [-0.2, 0) is 23.9 Å². The Labute approximate surface area is 130 Å². The smallest absolute Gasteiger partial charge is 0.337 e. The number of rotatable bonds is 11. The number of carboxylic acid groups (broad SMARTS) is 2. The predicted molar refractivity (Wildman–Crippen MR) is 78.6 cm³/mol. The van der Waals surface area contributed by atoms with Crippen LogP contribution in [0.4, 0.5) is 0 Å². The highest BCUT2D eigenvalue weighted by molar-refractivity contribution is 5.89. The van der Waals surface area contributed by atoms with Gasteiger partial charge in [-0.15, -0.1) is 0 Å². The number of aliphatic carboxylic acids is 2. The average Bonchev–Trinajstić information content (AvgIpc) is 2.37. The zero-order valence-corrected chi connectivity index (χ0v) is 13.7. The minimum atomic E-state index is -2.10. The van der Waals surface area contributed by atoms with Crippen molar-refractivity contribution in [2.24, 2.45) is 0 Å². The lowest BCUT2D eigenvalue weighted by Crippen LogP contribution is -2.47. The second-order valence-electron chi connectivity index (χ2n) is 5.84. The molecule has 0 spiro atoms. The van der Waals surface area contributed by atoms with Crippen molar-refractivity contribution in [3.8, 4) is 0 Å². The number of esters is 1. The Morgan fingerprint density at radius 1 is 1.05 bits per heavy atom. The Hall–Kier alpha value is -1.63. The first kappa shape index (κ1) is 20.4. The van der Waals surface area contributed by atoms with E-state index in [0.29, 0.717) is 12.8 Å². The second-order valence-corrected chi connectivity index (χ2v) is 5.84. The number of hydrogen-bond acceptors (Lipinski definition) is 5. The molecule has 1 atom stereocenters. The van der Waals surface area contributed by atoms with Crippen molar-refractivity contribution in [2.75, 3.05) is 6.61 Å². The fourth-order valence-electron chi connectivity index (χ4n) is 1.68. The van der Waals surface area contributed by atoms with Crippen molar-refractivity contribution in [3.05, 3.63) is 0 Å². The van der Waals surface area contributed by atoms with E-state index in [-0.39, 0.29) is 6.61 Å². The molecule has 2 N–H and O–H groups in total. The third-order valence-electron chi connectivity index (χ3n) is 3.37. The van der Waals surface area contributed by atoms with E-state index in [9.17, 15) is 19.5 Å². The van der Waals surface area contributed by atoms with E-state index in [1.807, 2.05) is 13.8 Å². The molecule has 0 aromatic rings. The highest BCUT2D eigenvalue weighted by atomic mass is 16.6. The van der Waals surface area contributed by atoms with Crippen LogP contribution >= 0.6 is 0 Å². The van der Waals surface area contributed by atoms with Gasteiger partial charge in [0, 0.05) is 6.61 Å². The zero-order valence-electron chi connectivity index (χ0n) is 13.7. The van der Waals surface area contributed by atoms with Crippen LogP contribution < -0.4 is 0 Å². The Kier molecular flexibility index (Phi) is 8.08. The molecular weight excluding hydrogens is 292 g/mol. The SMILES string of the molecule is CCCCOC(CC(=O)O)(CC(=O)OC(C)(C)CC)C(=O)O. The molecular formula is C15H26O7. The zero-order chi connectivity index (χ0) is 17.4. The summed E-state index contributed by atoms with van der Waals surface area (Å²) in [6.45, 7) is 7.18. The molecule has 7 heteroatoms. The van der Waals surface area contributed by atoms with Gasteiger partial charge in [0.1, 0.15) is 5.60 Å². The summed E-state index contributed by atoms with van der Waals surface area (Å²) < 4.78 is 10.5. The van der Waals surface area contributed by atoms with E-state index in [1.54, 1.807) is 13.8 Å². The fourth-order valence-corrected chi connectivity index (χ4v) is 1.68. The Balaban J connectivity index is 5.15. The van der Waals surface area contributed by atoms with Gasteiger partial charge in [-0.05, 0) is 26.7 Å². The number of carboxylic acids is 2. The molecule has 0 heterocycles. The normalized spacial score (nSPS) is 14.2. The van der Waals surface area contributed by atoms with Crippen LogP contribution in [0.1, 0.15) is 59.8 Å². The predicted octanol–water partition coefficient (Wildman–Crippen LogP) is 2.22. The van der Waals surface area contributed by atoms with Gasteiger partial charge in [-0.25, -0.2) is 4.79 Å². The van der Waals surface area contributed by atoms with Crippen LogP contribution in [-0.4, -0.2) is 45.9 Å². The molecule has 0 saturated carbocycles. The van der Waals surface area contributed by atoms with E-state index in [0.717, 1.165) is 6.42 Å². The van der Waals surface area contributed by atoms with Crippen molar-refractivity contribution >= 4 is 17.9 Å². The topological polar surface area (TPSA) is 110 Å². The van der Waals surface area contributed by atoms with Crippen LogP contribution in [0.2, 0.25) is 0 Å². The van der Waals surface area contributed by atoms with Crippen LogP contribution in [0.5, 0.6) is 0 Å². The monoisotopic (exact) mass is 318 g/mol. The maximum absolute atomic E-state index is 12.0. The molecule has 0 aromatic heterocycles. The first-order valence-corrected chi connectivity index (χ1v) is 7.39. The van der Waals surface area contributed by atoms with Crippen molar-refractivity contribution < 1.29 is 34.1 Å².